The predicted molar refractivity (Wildman–Crippen MR) is 136 cm³/mol. The van der Waals surface area contributed by atoms with E-state index in [-0.39, 0.29) is 11.8 Å². The van der Waals surface area contributed by atoms with Gasteiger partial charge in [-0.05, 0) is 56.5 Å². The van der Waals surface area contributed by atoms with E-state index in [0.29, 0.717) is 19.6 Å². The maximum Gasteiger partial charge on any atom is 0.253 e. The van der Waals surface area contributed by atoms with E-state index in [2.05, 4.69) is 33.5 Å². The molecule has 0 bridgehead atoms. The fraction of sp³-hybridized carbons (Fsp3) is 0.370. The first-order valence-electron chi connectivity index (χ1n) is 11.9. The van der Waals surface area contributed by atoms with Crippen LogP contribution in [-0.4, -0.2) is 65.9 Å². The van der Waals surface area contributed by atoms with Crippen LogP contribution in [-0.2, 0) is 11.2 Å². The first-order valence-corrected chi connectivity index (χ1v) is 12.8. The van der Waals surface area contributed by atoms with E-state index < -0.39 is 0 Å². The maximum atomic E-state index is 13.2. The summed E-state index contributed by atoms with van der Waals surface area (Å²) in [6.07, 6.45) is 1.74. The standard InChI is InChI=1S/C27H30N4O2S/c1-19-5-3-6-23(15-19)27(33)30-11-4-10-29(13-14-30)17-26(32)31-12-9-22-16-21(7-8-25(22)31)24-18-34-20(2)28-24/h3,5-8,15-16,18H,4,9-14,17H2,1-2H3. The SMILES string of the molecule is Cc1cccc(C(=O)N2CCCN(CC(=O)N3CCc4cc(-c5csc(C)n5)ccc43)CC2)c1. The van der Waals surface area contributed by atoms with Crippen LogP contribution in [0.25, 0.3) is 11.3 Å². The van der Waals surface area contributed by atoms with E-state index in [1.807, 2.05) is 47.9 Å². The quantitative estimate of drug-likeness (QED) is 0.570. The second-order valence-electron chi connectivity index (χ2n) is 9.18. The van der Waals surface area contributed by atoms with Crippen LogP contribution < -0.4 is 4.90 Å². The zero-order valence-corrected chi connectivity index (χ0v) is 20.6. The topological polar surface area (TPSA) is 56.8 Å². The lowest BCUT2D eigenvalue weighted by molar-refractivity contribution is -0.119. The van der Waals surface area contributed by atoms with E-state index in [1.165, 1.54) is 5.56 Å². The fourth-order valence-corrected chi connectivity index (χ4v) is 5.51. The number of hydrogen-bond acceptors (Lipinski definition) is 5. The lowest BCUT2D eigenvalue weighted by Gasteiger charge is -2.24. The van der Waals surface area contributed by atoms with E-state index in [4.69, 9.17) is 0 Å². The number of rotatable bonds is 4. The summed E-state index contributed by atoms with van der Waals surface area (Å²) in [5, 5.41) is 3.14. The number of carbonyl (C=O) groups excluding carboxylic acids is 2. The lowest BCUT2D eigenvalue weighted by Crippen LogP contribution is -2.41. The number of nitrogens with zero attached hydrogens (tertiary/aromatic N) is 4. The Morgan fingerprint density at radius 3 is 2.68 bits per heavy atom. The minimum atomic E-state index is 0.0801. The number of amides is 2. The Morgan fingerprint density at radius 1 is 1.00 bits per heavy atom. The third-order valence-corrected chi connectivity index (χ3v) is 7.46. The Balaban J connectivity index is 1.21. The average Bonchev–Trinajstić information content (AvgIpc) is 3.39. The van der Waals surface area contributed by atoms with Crippen LogP contribution in [0.15, 0.2) is 47.8 Å². The van der Waals surface area contributed by atoms with Gasteiger partial charge in [-0.3, -0.25) is 14.5 Å². The van der Waals surface area contributed by atoms with Crippen molar-refractivity contribution in [2.75, 3.05) is 44.2 Å². The minimum absolute atomic E-state index is 0.0801. The molecule has 1 saturated heterocycles. The Kier molecular flexibility index (Phi) is 6.48. The Labute approximate surface area is 204 Å². The van der Waals surface area contributed by atoms with E-state index in [1.54, 1.807) is 11.3 Å². The minimum Gasteiger partial charge on any atom is -0.337 e. The van der Waals surface area contributed by atoms with Crippen molar-refractivity contribution >= 4 is 28.8 Å². The van der Waals surface area contributed by atoms with Crippen molar-refractivity contribution in [3.63, 3.8) is 0 Å². The van der Waals surface area contributed by atoms with Gasteiger partial charge in [0.2, 0.25) is 5.91 Å². The monoisotopic (exact) mass is 474 g/mol. The molecule has 2 aromatic carbocycles. The maximum absolute atomic E-state index is 13.2. The fourth-order valence-electron chi connectivity index (χ4n) is 4.89. The van der Waals surface area contributed by atoms with E-state index in [9.17, 15) is 9.59 Å². The summed E-state index contributed by atoms with van der Waals surface area (Å²) in [5.74, 6) is 0.214. The van der Waals surface area contributed by atoms with Gasteiger partial charge in [0.25, 0.3) is 5.91 Å². The molecular weight excluding hydrogens is 444 g/mol. The molecule has 7 heteroatoms. The van der Waals surface area contributed by atoms with Crippen molar-refractivity contribution in [2.45, 2.75) is 26.7 Å². The number of hydrogen-bond donors (Lipinski definition) is 0. The molecular formula is C27H30N4O2S. The van der Waals surface area contributed by atoms with Gasteiger partial charge in [-0.1, -0.05) is 23.8 Å². The van der Waals surface area contributed by atoms with Crippen LogP contribution in [0.1, 0.15) is 32.9 Å². The van der Waals surface area contributed by atoms with Crippen LogP contribution in [0.5, 0.6) is 0 Å². The summed E-state index contributed by atoms with van der Waals surface area (Å²) in [6, 6.07) is 14.1. The molecule has 0 radical (unpaired) electrons. The van der Waals surface area contributed by atoms with Gasteiger partial charge in [0.05, 0.1) is 17.2 Å². The molecule has 1 aromatic heterocycles. The van der Waals surface area contributed by atoms with Gasteiger partial charge in [0, 0.05) is 54.9 Å². The zero-order valence-electron chi connectivity index (χ0n) is 19.8. The summed E-state index contributed by atoms with van der Waals surface area (Å²) in [6.45, 7) is 8.04. The van der Waals surface area contributed by atoms with Crippen molar-refractivity contribution in [3.8, 4) is 11.3 Å². The van der Waals surface area contributed by atoms with Gasteiger partial charge < -0.3 is 9.80 Å². The third-order valence-electron chi connectivity index (χ3n) is 6.69. The van der Waals surface area contributed by atoms with Crippen molar-refractivity contribution in [3.05, 3.63) is 69.5 Å². The number of thiazole rings is 1. The number of fused-ring (bicyclic) bond motifs is 1. The second kappa shape index (κ2) is 9.68. The van der Waals surface area contributed by atoms with Gasteiger partial charge in [0.1, 0.15) is 0 Å². The van der Waals surface area contributed by atoms with Gasteiger partial charge >= 0.3 is 0 Å². The molecule has 3 heterocycles. The lowest BCUT2D eigenvalue weighted by atomic mass is 10.1. The van der Waals surface area contributed by atoms with Crippen LogP contribution in [0, 0.1) is 13.8 Å². The van der Waals surface area contributed by atoms with Gasteiger partial charge in [0.15, 0.2) is 0 Å². The smallest absolute Gasteiger partial charge is 0.253 e. The van der Waals surface area contributed by atoms with Crippen molar-refractivity contribution in [1.82, 2.24) is 14.8 Å². The number of aromatic nitrogens is 1. The average molecular weight is 475 g/mol. The van der Waals surface area contributed by atoms with Gasteiger partial charge in [-0.15, -0.1) is 11.3 Å². The van der Waals surface area contributed by atoms with E-state index in [0.717, 1.165) is 65.6 Å². The third kappa shape index (κ3) is 4.76. The number of anilines is 1. The molecule has 6 nitrogen and oxygen atoms in total. The summed E-state index contributed by atoms with van der Waals surface area (Å²) in [7, 11) is 0. The Hall–Kier alpha value is -3.03. The molecule has 34 heavy (non-hydrogen) atoms. The molecule has 1 fully saturated rings. The number of benzene rings is 2. The summed E-state index contributed by atoms with van der Waals surface area (Å²) in [4.78, 5) is 36.8. The molecule has 2 amide bonds. The highest BCUT2D eigenvalue weighted by Gasteiger charge is 2.28. The van der Waals surface area contributed by atoms with Crippen molar-refractivity contribution < 1.29 is 9.59 Å². The van der Waals surface area contributed by atoms with Gasteiger partial charge in [-0.25, -0.2) is 4.98 Å². The zero-order chi connectivity index (χ0) is 23.7. The summed E-state index contributed by atoms with van der Waals surface area (Å²) < 4.78 is 0. The highest BCUT2D eigenvalue weighted by Crippen LogP contribution is 2.33. The summed E-state index contributed by atoms with van der Waals surface area (Å²) in [5.41, 5.74) is 6.18. The summed E-state index contributed by atoms with van der Waals surface area (Å²) >= 11 is 1.65. The largest absolute Gasteiger partial charge is 0.337 e. The number of aryl methyl sites for hydroxylation is 2. The van der Waals surface area contributed by atoms with Gasteiger partial charge in [-0.2, -0.15) is 0 Å². The molecule has 0 aliphatic carbocycles. The molecule has 2 aliphatic heterocycles. The predicted octanol–water partition coefficient (Wildman–Crippen LogP) is 4.16. The molecule has 0 saturated carbocycles. The Bertz CT molecular complexity index is 1220. The van der Waals surface area contributed by atoms with Crippen LogP contribution in [0.3, 0.4) is 0 Å². The van der Waals surface area contributed by atoms with Crippen LogP contribution in [0.4, 0.5) is 5.69 Å². The number of carbonyl (C=O) groups is 2. The second-order valence-corrected chi connectivity index (χ2v) is 10.2. The van der Waals surface area contributed by atoms with Crippen molar-refractivity contribution in [1.29, 1.82) is 0 Å². The normalized spacial score (nSPS) is 16.4. The molecule has 3 aromatic rings. The molecule has 2 aliphatic rings. The Morgan fingerprint density at radius 2 is 1.88 bits per heavy atom. The first kappa shape index (κ1) is 22.7. The van der Waals surface area contributed by atoms with Crippen LogP contribution >= 0.6 is 11.3 Å². The molecule has 0 N–H and O–H groups in total. The highest BCUT2D eigenvalue weighted by atomic mass is 32.1. The highest BCUT2D eigenvalue weighted by molar-refractivity contribution is 7.09. The molecule has 5 rings (SSSR count). The molecule has 0 atom stereocenters. The first-order chi connectivity index (χ1) is 16.5. The van der Waals surface area contributed by atoms with E-state index >= 15 is 0 Å². The molecule has 0 unspecified atom stereocenters. The van der Waals surface area contributed by atoms with Crippen LogP contribution in [0.2, 0.25) is 0 Å². The molecule has 176 valence electrons. The molecule has 0 spiro atoms. The van der Waals surface area contributed by atoms with Crippen molar-refractivity contribution in [2.24, 2.45) is 0 Å².